The fourth-order valence-electron chi connectivity index (χ4n) is 2.63. The second-order valence-electron chi connectivity index (χ2n) is 6.60. The number of benzene rings is 1. The monoisotopic (exact) mass is 415 g/mol. The highest BCUT2D eigenvalue weighted by Crippen LogP contribution is 2.15. The smallest absolute Gasteiger partial charge is 0.303 e. The van der Waals surface area contributed by atoms with E-state index in [1.54, 1.807) is 24.3 Å². The summed E-state index contributed by atoms with van der Waals surface area (Å²) >= 11 is 5.79. The molecule has 0 aliphatic carbocycles. The second-order valence-corrected chi connectivity index (χ2v) is 8.87. The number of allylic oxidation sites excluding steroid dienone is 2. The number of carboxylic acids is 1. The molecule has 0 amide bonds. The number of rotatable bonds is 15. The molecule has 0 saturated heterocycles. The maximum atomic E-state index is 12.0. The van der Waals surface area contributed by atoms with Gasteiger partial charge in [-0.3, -0.25) is 9.52 Å². The molecular formula is C20H30ClNO4S. The van der Waals surface area contributed by atoms with Gasteiger partial charge in [-0.2, -0.15) is 0 Å². The largest absolute Gasteiger partial charge is 0.481 e. The van der Waals surface area contributed by atoms with Gasteiger partial charge in [0.25, 0.3) is 0 Å². The molecule has 1 aromatic rings. The van der Waals surface area contributed by atoms with Crippen LogP contribution in [0.2, 0.25) is 5.02 Å². The van der Waals surface area contributed by atoms with Gasteiger partial charge in [-0.15, -0.1) is 0 Å². The molecule has 0 aliphatic rings. The number of sulfonamides is 1. The highest BCUT2D eigenvalue weighted by atomic mass is 35.5. The summed E-state index contributed by atoms with van der Waals surface area (Å²) < 4.78 is 26.6. The maximum absolute atomic E-state index is 12.0. The van der Waals surface area contributed by atoms with E-state index in [0.29, 0.717) is 23.6 Å². The Hall–Kier alpha value is -1.53. The van der Waals surface area contributed by atoms with E-state index in [1.165, 1.54) is 0 Å². The number of aliphatic carboxylic acids is 1. The summed E-state index contributed by atoms with van der Waals surface area (Å²) in [5.41, 5.74) is 0.538. The molecule has 1 aromatic carbocycles. The van der Waals surface area contributed by atoms with Crippen LogP contribution in [-0.4, -0.2) is 25.2 Å². The van der Waals surface area contributed by atoms with Crippen molar-refractivity contribution in [3.63, 3.8) is 0 Å². The van der Waals surface area contributed by atoms with E-state index in [-0.39, 0.29) is 12.2 Å². The molecular weight excluding hydrogens is 386 g/mol. The summed E-state index contributed by atoms with van der Waals surface area (Å²) in [5.74, 6) is -0.621. The fourth-order valence-corrected chi connectivity index (χ4v) is 3.94. The maximum Gasteiger partial charge on any atom is 0.303 e. The molecule has 0 aromatic heterocycles. The SMILES string of the molecule is O=C(O)CC/C=C\CCCCCCCCCS(=O)(=O)Nc1ccc(Cl)cc1. The van der Waals surface area contributed by atoms with E-state index < -0.39 is 16.0 Å². The van der Waals surface area contributed by atoms with Gasteiger partial charge < -0.3 is 5.11 Å². The Kier molecular flexibility index (Phi) is 11.9. The van der Waals surface area contributed by atoms with Gasteiger partial charge in [-0.1, -0.05) is 55.9 Å². The molecule has 5 nitrogen and oxygen atoms in total. The third-order valence-corrected chi connectivity index (χ3v) is 5.72. The van der Waals surface area contributed by atoms with Crippen molar-refractivity contribution in [1.29, 1.82) is 0 Å². The molecule has 1 rings (SSSR count). The first-order valence-electron chi connectivity index (χ1n) is 9.52. The number of carboxylic acid groups (broad SMARTS) is 1. The first-order chi connectivity index (χ1) is 12.9. The number of unbranched alkanes of at least 4 members (excludes halogenated alkanes) is 7. The van der Waals surface area contributed by atoms with E-state index in [2.05, 4.69) is 10.8 Å². The average Bonchev–Trinajstić information content (AvgIpc) is 2.60. The minimum absolute atomic E-state index is 0.136. The number of halogens is 1. The van der Waals surface area contributed by atoms with Crippen molar-refractivity contribution >= 4 is 33.3 Å². The zero-order chi connectivity index (χ0) is 20.0. The molecule has 0 saturated carbocycles. The molecule has 0 radical (unpaired) electrons. The van der Waals surface area contributed by atoms with Crippen LogP contribution in [0.25, 0.3) is 0 Å². The van der Waals surface area contributed by atoms with Gasteiger partial charge in [0.15, 0.2) is 0 Å². The van der Waals surface area contributed by atoms with Crippen molar-refractivity contribution < 1.29 is 18.3 Å². The Morgan fingerprint density at radius 2 is 1.48 bits per heavy atom. The summed E-state index contributed by atoms with van der Waals surface area (Å²) in [6, 6.07) is 6.62. The summed E-state index contributed by atoms with van der Waals surface area (Å²) in [7, 11) is -3.30. The molecule has 0 heterocycles. The predicted octanol–water partition coefficient (Wildman–Crippen LogP) is 5.62. The molecule has 0 bridgehead atoms. The molecule has 27 heavy (non-hydrogen) atoms. The zero-order valence-electron chi connectivity index (χ0n) is 15.7. The van der Waals surface area contributed by atoms with Crippen LogP contribution < -0.4 is 4.72 Å². The Bertz CT molecular complexity index is 672. The van der Waals surface area contributed by atoms with Crippen molar-refractivity contribution in [3.8, 4) is 0 Å². The molecule has 152 valence electrons. The van der Waals surface area contributed by atoms with Crippen LogP contribution in [0.5, 0.6) is 0 Å². The van der Waals surface area contributed by atoms with E-state index in [4.69, 9.17) is 16.7 Å². The topological polar surface area (TPSA) is 83.5 Å². The van der Waals surface area contributed by atoms with Gasteiger partial charge in [0.2, 0.25) is 10.0 Å². The molecule has 0 spiro atoms. The van der Waals surface area contributed by atoms with Crippen molar-refractivity contribution in [2.24, 2.45) is 0 Å². The Morgan fingerprint density at radius 3 is 2.11 bits per heavy atom. The number of anilines is 1. The second kappa shape index (κ2) is 13.6. The Balaban J connectivity index is 1.99. The van der Waals surface area contributed by atoms with Crippen molar-refractivity contribution in [2.75, 3.05) is 10.5 Å². The molecule has 0 unspecified atom stereocenters. The normalized spacial score (nSPS) is 11.7. The lowest BCUT2D eigenvalue weighted by Gasteiger charge is -2.08. The summed E-state index contributed by atoms with van der Waals surface area (Å²) in [6.07, 6.45) is 12.9. The van der Waals surface area contributed by atoms with Gasteiger partial charge in [0.1, 0.15) is 0 Å². The highest BCUT2D eigenvalue weighted by Gasteiger charge is 2.09. The van der Waals surface area contributed by atoms with Crippen LogP contribution in [0.3, 0.4) is 0 Å². The Labute approximate surface area is 167 Å². The van der Waals surface area contributed by atoms with Gasteiger partial charge >= 0.3 is 5.97 Å². The lowest BCUT2D eigenvalue weighted by molar-refractivity contribution is -0.136. The van der Waals surface area contributed by atoms with E-state index in [1.807, 2.05) is 6.08 Å². The molecule has 0 aliphatic heterocycles. The number of hydrogen-bond donors (Lipinski definition) is 2. The van der Waals surface area contributed by atoms with Crippen LogP contribution in [-0.2, 0) is 14.8 Å². The lowest BCUT2D eigenvalue weighted by Crippen LogP contribution is -2.16. The van der Waals surface area contributed by atoms with Gasteiger partial charge in [-0.05, 0) is 49.9 Å². The van der Waals surface area contributed by atoms with Crippen LogP contribution in [0.1, 0.15) is 64.2 Å². The number of nitrogens with one attached hydrogen (secondary N) is 1. The van der Waals surface area contributed by atoms with Crippen molar-refractivity contribution in [2.45, 2.75) is 64.2 Å². The van der Waals surface area contributed by atoms with Crippen molar-refractivity contribution in [1.82, 2.24) is 0 Å². The third-order valence-electron chi connectivity index (χ3n) is 4.09. The average molecular weight is 416 g/mol. The minimum Gasteiger partial charge on any atom is -0.481 e. The molecule has 2 N–H and O–H groups in total. The minimum atomic E-state index is -3.30. The van der Waals surface area contributed by atoms with Crippen molar-refractivity contribution in [3.05, 3.63) is 41.4 Å². The molecule has 0 fully saturated rings. The first-order valence-corrected chi connectivity index (χ1v) is 11.5. The standard InChI is InChI=1S/C20H30ClNO4S/c21-18-13-15-19(16-14-18)22-27(25,26)17-11-9-7-5-3-1-2-4-6-8-10-12-20(23)24/h6,8,13-16,22H,1-5,7,9-12,17H2,(H,23,24)/b8-6-. The quantitative estimate of drug-likeness (QED) is 0.287. The van der Waals surface area contributed by atoms with Gasteiger partial charge in [0.05, 0.1) is 5.75 Å². The molecule has 0 atom stereocenters. The highest BCUT2D eigenvalue weighted by molar-refractivity contribution is 7.92. The van der Waals surface area contributed by atoms with E-state index in [0.717, 1.165) is 44.9 Å². The lowest BCUT2D eigenvalue weighted by atomic mass is 10.1. The van der Waals surface area contributed by atoms with Crippen LogP contribution in [0, 0.1) is 0 Å². The number of hydrogen-bond acceptors (Lipinski definition) is 3. The van der Waals surface area contributed by atoms with Crippen LogP contribution in [0.15, 0.2) is 36.4 Å². The summed E-state index contributed by atoms with van der Waals surface area (Å²) in [4.78, 5) is 10.4. The predicted molar refractivity (Wildman–Crippen MR) is 112 cm³/mol. The van der Waals surface area contributed by atoms with Gasteiger partial charge in [0, 0.05) is 17.1 Å². The van der Waals surface area contributed by atoms with E-state index >= 15 is 0 Å². The number of carbonyl (C=O) groups is 1. The Morgan fingerprint density at radius 1 is 0.926 bits per heavy atom. The van der Waals surface area contributed by atoms with Crippen LogP contribution >= 0.6 is 11.6 Å². The third kappa shape index (κ3) is 13.3. The first kappa shape index (κ1) is 23.5. The van der Waals surface area contributed by atoms with E-state index in [9.17, 15) is 13.2 Å². The fraction of sp³-hybridized carbons (Fsp3) is 0.550. The summed E-state index contributed by atoms with van der Waals surface area (Å²) in [5, 5.41) is 9.10. The molecule has 7 heteroatoms. The summed E-state index contributed by atoms with van der Waals surface area (Å²) in [6.45, 7) is 0. The zero-order valence-corrected chi connectivity index (χ0v) is 17.3. The van der Waals surface area contributed by atoms with Gasteiger partial charge in [-0.25, -0.2) is 8.42 Å². The van der Waals surface area contributed by atoms with Crippen LogP contribution in [0.4, 0.5) is 5.69 Å².